The number of anilines is 2. The smallest absolute Gasteiger partial charge is 0.250 e. The standard InChI is InChI=1S/C12H17N3OS/c13-9-2-3-11(10(8-9)12(14)16)15-4-1-6-17-7-5-15/h2-3,8H,1,4-7,13H2,(H2,14,16). The minimum absolute atomic E-state index is 0.413. The number of hydrogen-bond donors (Lipinski definition) is 2. The molecule has 2 rings (SSSR count). The topological polar surface area (TPSA) is 72.3 Å². The minimum atomic E-state index is -0.413. The molecule has 1 aromatic carbocycles. The summed E-state index contributed by atoms with van der Waals surface area (Å²) in [5, 5.41) is 0. The molecule has 0 spiro atoms. The highest BCUT2D eigenvalue weighted by Crippen LogP contribution is 2.25. The second kappa shape index (κ2) is 5.31. The summed E-state index contributed by atoms with van der Waals surface area (Å²) in [4.78, 5) is 13.7. The van der Waals surface area contributed by atoms with Gasteiger partial charge in [0.05, 0.1) is 5.56 Å². The fourth-order valence-corrected chi connectivity index (χ4v) is 2.90. The van der Waals surface area contributed by atoms with E-state index in [1.807, 2.05) is 23.9 Å². The lowest BCUT2D eigenvalue weighted by Crippen LogP contribution is -2.28. The predicted molar refractivity (Wildman–Crippen MR) is 73.5 cm³/mol. The SMILES string of the molecule is NC(=O)c1cc(N)ccc1N1CCCSCC1. The van der Waals surface area contributed by atoms with Crippen LogP contribution >= 0.6 is 11.8 Å². The van der Waals surface area contributed by atoms with Gasteiger partial charge in [-0.1, -0.05) is 0 Å². The predicted octanol–water partition coefficient (Wildman–Crippen LogP) is 1.31. The van der Waals surface area contributed by atoms with E-state index < -0.39 is 5.91 Å². The average molecular weight is 251 g/mol. The number of nitrogen functional groups attached to an aromatic ring is 1. The molecule has 5 heteroatoms. The average Bonchev–Trinajstić information content (AvgIpc) is 2.57. The maximum absolute atomic E-state index is 11.4. The molecule has 17 heavy (non-hydrogen) atoms. The Kier molecular flexibility index (Phi) is 3.78. The van der Waals surface area contributed by atoms with Gasteiger partial charge in [0.2, 0.25) is 0 Å². The highest BCUT2D eigenvalue weighted by atomic mass is 32.2. The quantitative estimate of drug-likeness (QED) is 0.777. The summed E-state index contributed by atoms with van der Waals surface area (Å²) < 4.78 is 0. The van der Waals surface area contributed by atoms with Crippen LogP contribution in [-0.2, 0) is 0 Å². The Balaban J connectivity index is 2.32. The van der Waals surface area contributed by atoms with Gasteiger partial charge < -0.3 is 16.4 Å². The van der Waals surface area contributed by atoms with Gasteiger partial charge in [0.15, 0.2) is 0 Å². The molecule has 4 N–H and O–H groups in total. The van der Waals surface area contributed by atoms with Crippen LogP contribution in [0.25, 0.3) is 0 Å². The van der Waals surface area contributed by atoms with Crippen LogP contribution < -0.4 is 16.4 Å². The second-order valence-electron chi connectivity index (χ2n) is 4.09. The molecule has 0 saturated carbocycles. The first-order valence-electron chi connectivity index (χ1n) is 5.70. The first-order chi connectivity index (χ1) is 8.18. The molecule has 0 aliphatic carbocycles. The van der Waals surface area contributed by atoms with Gasteiger partial charge in [-0.25, -0.2) is 0 Å². The highest BCUT2D eigenvalue weighted by molar-refractivity contribution is 7.99. The van der Waals surface area contributed by atoms with Gasteiger partial charge in [0.1, 0.15) is 0 Å². The zero-order chi connectivity index (χ0) is 12.3. The molecule has 0 atom stereocenters. The van der Waals surface area contributed by atoms with Crippen LogP contribution in [0, 0.1) is 0 Å². The third-order valence-corrected chi connectivity index (χ3v) is 3.90. The molecule has 4 nitrogen and oxygen atoms in total. The lowest BCUT2D eigenvalue weighted by atomic mass is 10.1. The van der Waals surface area contributed by atoms with Crippen molar-refractivity contribution < 1.29 is 4.79 Å². The number of carbonyl (C=O) groups is 1. The van der Waals surface area contributed by atoms with Gasteiger partial charge in [-0.3, -0.25) is 4.79 Å². The normalized spacial score (nSPS) is 16.6. The Labute approximate surface area is 105 Å². The molecule has 1 heterocycles. The lowest BCUT2D eigenvalue weighted by Gasteiger charge is -2.24. The van der Waals surface area contributed by atoms with Crippen LogP contribution in [0.2, 0.25) is 0 Å². The van der Waals surface area contributed by atoms with Gasteiger partial charge in [-0.2, -0.15) is 11.8 Å². The van der Waals surface area contributed by atoms with Crippen molar-refractivity contribution in [2.45, 2.75) is 6.42 Å². The molecule has 1 aliphatic rings. The van der Waals surface area contributed by atoms with Crippen LogP contribution in [0.3, 0.4) is 0 Å². The van der Waals surface area contributed by atoms with E-state index in [1.165, 1.54) is 5.75 Å². The summed E-state index contributed by atoms with van der Waals surface area (Å²) in [6.07, 6.45) is 1.13. The first kappa shape index (κ1) is 12.1. The van der Waals surface area contributed by atoms with E-state index >= 15 is 0 Å². The van der Waals surface area contributed by atoms with E-state index in [0.29, 0.717) is 11.3 Å². The number of amides is 1. The number of rotatable bonds is 2. The highest BCUT2D eigenvalue weighted by Gasteiger charge is 2.16. The van der Waals surface area contributed by atoms with Gasteiger partial charge in [0.25, 0.3) is 5.91 Å². The van der Waals surface area contributed by atoms with Crippen molar-refractivity contribution in [1.82, 2.24) is 0 Å². The molecule has 1 aromatic rings. The van der Waals surface area contributed by atoms with Crippen molar-refractivity contribution in [2.24, 2.45) is 5.73 Å². The lowest BCUT2D eigenvalue weighted by molar-refractivity contribution is 0.100. The summed E-state index contributed by atoms with van der Waals surface area (Å²) in [6, 6.07) is 5.38. The Hall–Kier alpha value is -1.36. The maximum atomic E-state index is 11.4. The van der Waals surface area contributed by atoms with E-state index in [0.717, 1.165) is 31.0 Å². The Morgan fingerprint density at radius 1 is 1.29 bits per heavy atom. The Morgan fingerprint density at radius 3 is 2.88 bits per heavy atom. The van der Waals surface area contributed by atoms with Crippen molar-refractivity contribution in [3.63, 3.8) is 0 Å². The zero-order valence-corrected chi connectivity index (χ0v) is 10.5. The summed E-state index contributed by atoms with van der Waals surface area (Å²) >= 11 is 1.95. The molecule has 1 aliphatic heterocycles. The summed E-state index contributed by atoms with van der Waals surface area (Å²) in [7, 11) is 0. The Bertz CT molecular complexity index is 414. The summed E-state index contributed by atoms with van der Waals surface area (Å²) in [5.41, 5.74) is 13.1. The summed E-state index contributed by atoms with van der Waals surface area (Å²) in [6.45, 7) is 1.92. The number of carbonyl (C=O) groups excluding carboxylic acids is 1. The van der Waals surface area contributed by atoms with Gasteiger partial charge in [-0.05, 0) is 30.4 Å². The molecule has 0 unspecified atom stereocenters. The maximum Gasteiger partial charge on any atom is 0.250 e. The van der Waals surface area contributed by atoms with Crippen molar-refractivity contribution in [1.29, 1.82) is 0 Å². The van der Waals surface area contributed by atoms with E-state index in [9.17, 15) is 4.79 Å². The third-order valence-electron chi connectivity index (χ3n) is 2.85. The number of benzene rings is 1. The zero-order valence-electron chi connectivity index (χ0n) is 9.69. The van der Waals surface area contributed by atoms with Crippen LogP contribution in [0.5, 0.6) is 0 Å². The number of primary amides is 1. The molecule has 92 valence electrons. The first-order valence-corrected chi connectivity index (χ1v) is 6.86. The minimum Gasteiger partial charge on any atom is -0.399 e. The number of nitrogens with two attached hydrogens (primary N) is 2. The van der Waals surface area contributed by atoms with E-state index in [1.54, 1.807) is 6.07 Å². The molecular weight excluding hydrogens is 234 g/mol. The largest absolute Gasteiger partial charge is 0.399 e. The number of thioether (sulfide) groups is 1. The van der Waals surface area contributed by atoms with Crippen LogP contribution in [-0.4, -0.2) is 30.5 Å². The molecule has 0 aromatic heterocycles. The Morgan fingerprint density at radius 2 is 2.12 bits per heavy atom. The van der Waals surface area contributed by atoms with Gasteiger partial charge >= 0.3 is 0 Å². The molecular formula is C12H17N3OS. The van der Waals surface area contributed by atoms with Crippen molar-refractivity contribution in [3.05, 3.63) is 23.8 Å². The van der Waals surface area contributed by atoms with Crippen LogP contribution in [0.15, 0.2) is 18.2 Å². The molecule has 1 fully saturated rings. The molecule has 0 radical (unpaired) electrons. The monoisotopic (exact) mass is 251 g/mol. The van der Waals surface area contributed by atoms with Crippen LogP contribution in [0.4, 0.5) is 11.4 Å². The number of nitrogens with zero attached hydrogens (tertiary/aromatic N) is 1. The fraction of sp³-hybridized carbons (Fsp3) is 0.417. The van der Waals surface area contributed by atoms with E-state index in [4.69, 9.17) is 11.5 Å². The fourth-order valence-electron chi connectivity index (χ4n) is 2.01. The van der Waals surface area contributed by atoms with Crippen LogP contribution in [0.1, 0.15) is 16.8 Å². The molecule has 0 bridgehead atoms. The number of hydrogen-bond acceptors (Lipinski definition) is 4. The third kappa shape index (κ3) is 2.85. The van der Waals surface area contributed by atoms with E-state index in [2.05, 4.69) is 4.90 Å². The van der Waals surface area contributed by atoms with Crippen molar-refractivity contribution in [3.8, 4) is 0 Å². The van der Waals surface area contributed by atoms with Gasteiger partial charge in [-0.15, -0.1) is 0 Å². The summed E-state index contributed by atoms with van der Waals surface area (Å²) in [5.74, 6) is 1.85. The van der Waals surface area contributed by atoms with Gasteiger partial charge in [0, 0.05) is 30.2 Å². The second-order valence-corrected chi connectivity index (χ2v) is 5.32. The van der Waals surface area contributed by atoms with Crippen molar-refractivity contribution in [2.75, 3.05) is 35.2 Å². The van der Waals surface area contributed by atoms with E-state index in [-0.39, 0.29) is 0 Å². The van der Waals surface area contributed by atoms with Crippen molar-refractivity contribution >= 4 is 29.0 Å². The molecule has 1 saturated heterocycles. The molecule has 1 amide bonds.